The van der Waals surface area contributed by atoms with Crippen LogP contribution in [0.5, 0.6) is 17.2 Å². The summed E-state index contributed by atoms with van der Waals surface area (Å²) < 4.78 is 28.9. The maximum Gasteiger partial charge on any atom is 0.207 e. The Morgan fingerprint density at radius 2 is 1.68 bits per heavy atom. The number of nitrogen functional groups attached to an aromatic ring is 1. The van der Waals surface area contributed by atoms with Gasteiger partial charge in [0.2, 0.25) is 11.5 Å². The number of nitrogens with two attached hydrogens (primary N) is 1. The number of carbonyl (C=O) groups is 1. The summed E-state index contributed by atoms with van der Waals surface area (Å²) in [7, 11) is 4.42. The van der Waals surface area contributed by atoms with E-state index < -0.39 is 0 Å². The fraction of sp³-hybridized carbons (Fsp3) is 0.158. The van der Waals surface area contributed by atoms with Gasteiger partial charge in [-0.05, 0) is 36.4 Å². The van der Waals surface area contributed by atoms with Crippen LogP contribution >= 0.6 is 11.3 Å². The molecule has 0 unspecified atom stereocenters. The SMILES string of the molecule is COc1cc(C(=O)c2sc(Nc3ccc(F)cc3)nc2N)cc(OC)c1OC. The van der Waals surface area contributed by atoms with Crippen LogP contribution in [0.25, 0.3) is 0 Å². The van der Waals surface area contributed by atoms with Crippen LogP contribution in [0.3, 0.4) is 0 Å². The molecule has 9 heteroatoms. The normalized spacial score (nSPS) is 10.4. The smallest absolute Gasteiger partial charge is 0.207 e. The predicted molar refractivity (Wildman–Crippen MR) is 106 cm³/mol. The molecule has 2 aromatic carbocycles. The van der Waals surface area contributed by atoms with Gasteiger partial charge in [0.15, 0.2) is 16.6 Å². The molecule has 0 amide bonds. The molecule has 0 spiro atoms. The maximum atomic E-state index is 13.0. The Balaban J connectivity index is 1.92. The molecule has 0 saturated carbocycles. The number of rotatable bonds is 7. The van der Waals surface area contributed by atoms with E-state index >= 15 is 0 Å². The number of benzene rings is 2. The molecule has 0 saturated heterocycles. The van der Waals surface area contributed by atoms with Crippen molar-refractivity contribution in [2.45, 2.75) is 0 Å². The van der Waals surface area contributed by atoms with Crippen LogP contribution in [-0.2, 0) is 0 Å². The Bertz CT molecular complexity index is 980. The summed E-state index contributed by atoms with van der Waals surface area (Å²) >= 11 is 1.09. The largest absolute Gasteiger partial charge is 0.493 e. The van der Waals surface area contributed by atoms with Crippen LogP contribution < -0.4 is 25.3 Å². The first-order valence-electron chi connectivity index (χ1n) is 8.10. The van der Waals surface area contributed by atoms with Crippen molar-refractivity contribution in [3.63, 3.8) is 0 Å². The number of anilines is 3. The van der Waals surface area contributed by atoms with Crippen molar-refractivity contribution in [2.24, 2.45) is 0 Å². The van der Waals surface area contributed by atoms with Crippen LogP contribution in [0.1, 0.15) is 15.2 Å². The van der Waals surface area contributed by atoms with E-state index in [-0.39, 0.29) is 22.3 Å². The Morgan fingerprint density at radius 1 is 1.07 bits per heavy atom. The number of nitrogens with zero attached hydrogens (tertiary/aromatic N) is 1. The summed E-state index contributed by atoms with van der Waals surface area (Å²) in [4.78, 5) is 17.4. The van der Waals surface area contributed by atoms with Crippen LogP contribution in [0, 0.1) is 5.82 Å². The average Bonchev–Trinajstić information content (AvgIpc) is 3.07. The Kier molecular flexibility index (Phi) is 5.65. The number of thiazole rings is 1. The number of methoxy groups -OCH3 is 3. The number of hydrogen-bond donors (Lipinski definition) is 2. The third-order valence-corrected chi connectivity index (χ3v) is 4.87. The van der Waals surface area contributed by atoms with E-state index in [4.69, 9.17) is 19.9 Å². The number of hydrogen-bond acceptors (Lipinski definition) is 8. The molecule has 0 aliphatic carbocycles. The lowest BCUT2D eigenvalue weighted by Gasteiger charge is -2.13. The fourth-order valence-corrected chi connectivity index (χ4v) is 3.42. The number of ether oxygens (including phenoxy) is 3. The van der Waals surface area contributed by atoms with Crippen molar-refractivity contribution in [1.82, 2.24) is 4.98 Å². The van der Waals surface area contributed by atoms with Gasteiger partial charge in [0.25, 0.3) is 0 Å². The van der Waals surface area contributed by atoms with E-state index in [1.807, 2.05) is 0 Å². The topological polar surface area (TPSA) is 95.7 Å². The van der Waals surface area contributed by atoms with Crippen LogP contribution in [-0.4, -0.2) is 32.1 Å². The van der Waals surface area contributed by atoms with Gasteiger partial charge in [-0.1, -0.05) is 11.3 Å². The van der Waals surface area contributed by atoms with Crippen molar-refractivity contribution in [1.29, 1.82) is 0 Å². The van der Waals surface area contributed by atoms with E-state index in [0.29, 0.717) is 33.6 Å². The van der Waals surface area contributed by atoms with Gasteiger partial charge in [-0.3, -0.25) is 4.79 Å². The first-order valence-corrected chi connectivity index (χ1v) is 8.92. The summed E-state index contributed by atoms with van der Waals surface area (Å²) in [6, 6.07) is 8.87. The lowest BCUT2D eigenvalue weighted by Crippen LogP contribution is -2.05. The molecule has 7 nitrogen and oxygen atoms in total. The molecule has 0 aliphatic rings. The second-order valence-corrected chi connectivity index (χ2v) is 6.61. The minimum Gasteiger partial charge on any atom is -0.493 e. The zero-order valence-electron chi connectivity index (χ0n) is 15.4. The maximum absolute atomic E-state index is 13.0. The molecule has 28 heavy (non-hydrogen) atoms. The second-order valence-electron chi connectivity index (χ2n) is 5.61. The Morgan fingerprint density at radius 3 is 2.21 bits per heavy atom. The highest BCUT2D eigenvalue weighted by Gasteiger charge is 2.22. The lowest BCUT2D eigenvalue weighted by atomic mass is 10.1. The monoisotopic (exact) mass is 403 g/mol. The van der Waals surface area contributed by atoms with Crippen molar-refractivity contribution in [3.8, 4) is 17.2 Å². The van der Waals surface area contributed by atoms with E-state index in [9.17, 15) is 9.18 Å². The molecule has 3 rings (SSSR count). The van der Waals surface area contributed by atoms with Gasteiger partial charge in [0.05, 0.1) is 21.3 Å². The zero-order chi connectivity index (χ0) is 20.3. The summed E-state index contributed by atoms with van der Waals surface area (Å²) in [6.45, 7) is 0. The number of nitrogens with one attached hydrogen (secondary N) is 1. The molecule has 0 atom stereocenters. The first kappa shape index (κ1) is 19.4. The predicted octanol–water partition coefficient (Wildman–Crippen LogP) is 3.86. The van der Waals surface area contributed by atoms with Crippen LogP contribution in [0.2, 0.25) is 0 Å². The van der Waals surface area contributed by atoms with Gasteiger partial charge in [0.1, 0.15) is 16.5 Å². The molecule has 1 aromatic heterocycles. The molecule has 0 aliphatic heterocycles. The average molecular weight is 403 g/mol. The first-order chi connectivity index (χ1) is 13.5. The van der Waals surface area contributed by atoms with Crippen molar-refractivity contribution in [3.05, 3.63) is 52.7 Å². The highest BCUT2D eigenvalue weighted by atomic mass is 32.1. The Labute approximate surface area is 164 Å². The molecule has 3 aromatic rings. The second kappa shape index (κ2) is 8.13. The van der Waals surface area contributed by atoms with E-state index in [1.165, 1.54) is 33.5 Å². The molecular formula is C19H18FN3O4S. The molecular weight excluding hydrogens is 385 g/mol. The molecule has 0 radical (unpaired) electrons. The zero-order valence-corrected chi connectivity index (χ0v) is 16.2. The van der Waals surface area contributed by atoms with Crippen molar-refractivity contribution >= 4 is 33.8 Å². The van der Waals surface area contributed by atoms with Gasteiger partial charge in [0, 0.05) is 11.3 Å². The standard InChI is InChI=1S/C19H18FN3O4S/c1-25-13-8-10(9-14(26-2)16(13)27-3)15(24)17-18(21)23-19(28-17)22-12-6-4-11(20)5-7-12/h4-9H,21H2,1-3H3,(H,22,23). The van der Waals surface area contributed by atoms with Gasteiger partial charge >= 0.3 is 0 Å². The minimum absolute atomic E-state index is 0.0911. The van der Waals surface area contributed by atoms with Crippen LogP contribution in [0.4, 0.5) is 21.0 Å². The Hall–Kier alpha value is -3.33. The number of ketones is 1. The molecule has 0 fully saturated rings. The number of halogens is 1. The summed E-state index contributed by atoms with van der Waals surface area (Å²) in [5, 5.41) is 3.42. The van der Waals surface area contributed by atoms with Gasteiger partial charge < -0.3 is 25.3 Å². The van der Waals surface area contributed by atoms with E-state index in [2.05, 4.69) is 10.3 Å². The van der Waals surface area contributed by atoms with Gasteiger partial charge in [-0.2, -0.15) is 0 Å². The molecule has 0 bridgehead atoms. The van der Waals surface area contributed by atoms with Gasteiger partial charge in [-0.25, -0.2) is 9.37 Å². The lowest BCUT2D eigenvalue weighted by molar-refractivity contribution is 0.104. The van der Waals surface area contributed by atoms with Crippen molar-refractivity contribution < 1.29 is 23.4 Å². The summed E-state index contributed by atoms with van der Waals surface area (Å²) in [6.07, 6.45) is 0. The molecule has 1 heterocycles. The highest BCUT2D eigenvalue weighted by Crippen LogP contribution is 2.39. The van der Waals surface area contributed by atoms with E-state index in [1.54, 1.807) is 24.3 Å². The summed E-state index contributed by atoms with van der Waals surface area (Å²) in [5.41, 5.74) is 6.89. The quantitative estimate of drug-likeness (QED) is 0.578. The number of aromatic nitrogens is 1. The van der Waals surface area contributed by atoms with E-state index in [0.717, 1.165) is 11.3 Å². The fourth-order valence-electron chi connectivity index (χ4n) is 2.55. The summed E-state index contributed by atoms with van der Waals surface area (Å²) in [5.74, 6) is 0.519. The highest BCUT2D eigenvalue weighted by molar-refractivity contribution is 7.18. The minimum atomic E-state index is -0.345. The molecule has 146 valence electrons. The van der Waals surface area contributed by atoms with Crippen LogP contribution in [0.15, 0.2) is 36.4 Å². The van der Waals surface area contributed by atoms with Gasteiger partial charge in [-0.15, -0.1) is 0 Å². The third-order valence-electron chi connectivity index (χ3n) is 3.88. The number of carbonyl (C=O) groups excluding carboxylic acids is 1. The third kappa shape index (κ3) is 3.84. The van der Waals surface area contributed by atoms with Crippen molar-refractivity contribution in [2.75, 3.05) is 32.4 Å². The molecule has 3 N–H and O–H groups in total.